The number of carbonyl (C=O) groups is 1. The van der Waals surface area contributed by atoms with Crippen LogP contribution in [0, 0.1) is 5.82 Å². The maximum absolute atomic E-state index is 14.8. The number of rotatable bonds is 6. The maximum atomic E-state index is 14.8. The van der Waals surface area contributed by atoms with Crippen LogP contribution >= 0.6 is 12.1 Å². The Bertz CT molecular complexity index is 973. The number of nitrogens with zero attached hydrogens (tertiary/aromatic N) is 3. The van der Waals surface area contributed by atoms with Crippen molar-refractivity contribution >= 4 is 23.9 Å². The lowest BCUT2D eigenvalue weighted by atomic mass is 9.97. The van der Waals surface area contributed by atoms with E-state index in [0.717, 1.165) is 43.5 Å². The summed E-state index contributed by atoms with van der Waals surface area (Å²) in [4.78, 5) is 19.2. The van der Waals surface area contributed by atoms with Crippen LogP contribution < -0.4 is 14.8 Å². The molecule has 2 N–H and O–H groups in total. The standard InChI is InChI=1S/C22H28FN5O2S/c1-27-10-8-15(13-27)28(2)31-26-22(29)25-21-17-6-4-5-16(17)19(23)12-18(21)14-7-9-24-20(11-14)30-3/h7,9,11-12,15H,4-6,8,10,13H2,1-3H3,(H2,25,26,29). The van der Waals surface area contributed by atoms with Gasteiger partial charge in [0.2, 0.25) is 5.88 Å². The number of aromatic nitrogens is 1. The number of hydrogen-bond acceptors (Lipinski definition) is 6. The highest BCUT2D eigenvalue weighted by atomic mass is 32.2. The first-order valence-corrected chi connectivity index (χ1v) is 11.2. The van der Waals surface area contributed by atoms with E-state index < -0.39 is 0 Å². The minimum absolute atomic E-state index is 0.233. The molecule has 0 bridgehead atoms. The second kappa shape index (κ2) is 9.42. The summed E-state index contributed by atoms with van der Waals surface area (Å²) >= 11 is 1.29. The number of benzene rings is 1. The zero-order valence-corrected chi connectivity index (χ0v) is 18.9. The number of pyridine rings is 1. The SMILES string of the molecule is COc1cc(-c2cc(F)c3c(c2NC(=O)NSN(C)C2CCN(C)C2)CCC3)ccn1. The van der Waals surface area contributed by atoms with Crippen molar-refractivity contribution in [2.45, 2.75) is 31.7 Å². The minimum Gasteiger partial charge on any atom is -0.481 e. The zero-order chi connectivity index (χ0) is 22.0. The predicted molar refractivity (Wildman–Crippen MR) is 122 cm³/mol. The van der Waals surface area contributed by atoms with Crippen LogP contribution in [0.4, 0.5) is 14.9 Å². The summed E-state index contributed by atoms with van der Waals surface area (Å²) in [5, 5.41) is 2.99. The average Bonchev–Trinajstić information content (AvgIpc) is 3.43. The summed E-state index contributed by atoms with van der Waals surface area (Å²) in [6.07, 6.45) is 4.98. The second-order valence-corrected chi connectivity index (χ2v) is 9.04. The van der Waals surface area contributed by atoms with Gasteiger partial charge in [-0.3, -0.25) is 4.72 Å². The summed E-state index contributed by atoms with van der Waals surface area (Å²) in [7, 11) is 5.63. The third-order valence-corrected chi connectivity index (χ3v) is 6.87. The van der Waals surface area contributed by atoms with Crippen LogP contribution in [-0.2, 0) is 12.8 Å². The van der Waals surface area contributed by atoms with E-state index in [-0.39, 0.29) is 11.8 Å². The van der Waals surface area contributed by atoms with Crippen molar-refractivity contribution in [2.24, 2.45) is 0 Å². The third kappa shape index (κ3) is 4.78. The van der Waals surface area contributed by atoms with E-state index in [9.17, 15) is 9.18 Å². The summed E-state index contributed by atoms with van der Waals surface area (Å²) < 4.78 is 25.0. The van der Waals surface area contributed by atoms with Gasteiger partial charge >= 0.3 is 6.03 Å². The quantitative estimate of drug-likeness (QED) is 0.661. The number of methoxy groups -OCH3 is 1. The molecule has 4 rings (SSSR count). The highest BCUT2D eigenvalue weighted by Gasteiger charge is 2.26. The molecule has 9 heteroatoms. The number of urea groups is 1. The Hall–Kier alpha value is -2.36. The Morgan fingerprint density at radius 2 is 2.16 bits per heavy atom. The molecule has 2 aromatic rings. The first-order valence-electron chi connectivity index (χ1n) is 10.5. The first-order chi connectivity index (χ1) is 15.0. The van der Waals surface area contributed by atoms with Gasteiger partial charge in [-0.15, -0.1) is 0 Å². The van der Waals surface area contributed by atoms with E-state index in [4.69, 9.17) is 4.74 Å². The Kier molecular flexibility index (Phi) is 6.64. The van der Waals surface area contributed by atoms with Gasteiger partial charge in [0.25, 0.3) is 0 Å². The minimum atomic E-state index is -0.328. The molecule has 2 amide bonds. The maximum Gasteiger partial charge on any atom is 0.330 e. The number of carbonyl (C=O) groups excluding carboxylic acids is 1. The van der Waals surface area contributed by atoms with Gasteiger partial charge in [0.1, 0.15) is 5.82 Å². The zero-order valence-electron chi connectivity index (χ0n) is 18.1. The van der Waals surface area contributed by atoms with Gasteiger partial charge in [0.05, 0.1) is 12.8 Å². The molecule has 2 heterocycles. The van der Waals surface area contributed by atoms with E-state index >= 15 is 0 Å². The van der Waals surface area contributed by atoms with Gasteiger partial charge < -0.3 is 15.0 Å². The van der Waals surface area contributed by atoms with Crippen LogP contribution in [0.1, 0.15) is 24.0 Å². The van der Waals surface area contributed by atoms with Crippen LogP contribution in [-0.4, -0.2) is 60.6 Å². The molecule has 0 radical (unpaired) electrons. The van der Waals surface area contributed by atoms with Crippen molar-refractivity contribution < 1.29 is 13.9 Å². The summed E-state index contributed by atoms with van der Waals surface area (Å²) in [6.45, 7) is 2.04. The van der Waals surface area contributed by atoms with E-state index in [1.807, 2.05) is 7.05 Å². The number of amides is 2. The highest BCUT2D eigenvalue weighted by molar-refractivity contribution is 7.95. The molecule has 0 saturated carbocycles. The van der Waals surface area contributed by atoms with Gasteiger partial charge in [0.15, 0.2) is 0 Å². The number of ether oxygens (including phenoxy) is 1. The van der Waals surface area contributed by atoms with Crippen molar-refractivity contribution in [3.8, 4) is 17.0 Å². The van der Waals surface area contributed by atoms with Crippen molar-refractivity contribution in [3.63, 3.8) is 0 Å². The molecule has 31 heavy (non-hydrogen) atoms. The number of fused-ring (bicyclic) bond motifs is 1. The van der Waals surface area contributed by atoms with Crippen molar-refractivity contribution in [2.75, 3.05) is 39.6 Å². The lowest BCUT2D eigenvalue weighted by Gasteiger charge is -2.23. The van der Waals surface area contributed by atoms with Crippen LogP contribution in [0.5, 0.6) is 5.88 Å². The van der Waals surface area contributed by atoms with Crippen LogP contribution in [0.2, 0.25) is 0 Å². The van der Waals surface area contributed by atoms with Crippen molar-refractivity contribution in [1.29, 1.82) is 0 Å². The largest absolute Gasteiger partial charge is 0.481 e. The molecule has 1 aliphatic heterocycles. The summed E-state index contributed by atoms with van der Waals surface area (Å²) in [5.41, 5.74) is 3.60. The molecular formula is C22H28FN5O2S. The van der Waals surface area contributed by atoms with Crippen LogP contribution in [0.15, 0.2) is 24.4 Å². The second-order valence-electron chi connectivity index (χ2n) is 8.08. The fourth-order valence-electron chi connectivity index (χ4n) is 4.33. The molecule has 2 aliphatic rings. The lowest BCUT2D eigenvalue weighted by molar-refractivity contribution is 0.256. The molecule has 166 valence electrons. The van der Waals surface area contributed by atoms with Gasteiger partial charge in [-0.25, -0.2) is 18.5 Å². The number of likely N-dealkylation sites (N-methyl/N-ethyl adjacent to an activating group) is 2. The Labute approximate surface area is 186 Å². The van der Waals surface area contributed by atoms with E-state index in [0.29, 0.717) is 35.2 Å². The molecule has 0 spiro atoms. The van der Waals surface area contributed by atoms with Crippen LogP contribution in [0.25, 0.3) is 11.1 Å². The van der Waals surface area contributed by atoms with Gasteiger partial charge in [0, 0.05) is 42.5 Å². The molecular weight excluding hydrogens is 417 g/mol. The Morgan fingerprint density at radius 1 is 1.35 bits per heavy atom. The molecule has 1 fully saturated rings. The number of hydrogen-bond donors (Lipinski definition) is 2. The van der Waals surface area contributed by atoms with Gasteiger partial charge in [-0.05, 0) is 75.1 Å². The van der Waals surface area contributed by atoms with E-state index in [1.165, 1.54) is 25.3 Å². The lowest BCUT2D eigenvalue weighted by Crippen LogP contribution is -2.34. The van der Waals surface area contributed by atoms with E-state index in [2.05, 4.69) is 31.3 Å². The molecule has 1 atom stereocenters. The average molecular weight is 446 g/mol. The number of anilines is 1. The van der Waals surface area contributed by atoms with Crippen LogP contribution in [0.3, 0.4) is 0 Å². The topological polar surface area (TPSA) is 69.7 Å². The van der Waals surface area contributed by atoms with Gasteiger partial charge in [-0.2, -0.15) is 0 Å². The van der Waals surface area contributed by atoms with Crippen molar-refractivity contribution in [3.05, 3.63) is 41.3 Å². The molecule has 1 unspecified atom stereocenters. The number of halogens is 1. The smallest absolute Gasteiger partial charge is 0.330 e. The summed E-state index contributed by atoms with van der Waals surface area (Å²) in [5.74, 6) is 0.205. The molecule has 1 aliphatic carbocycles. The predicted octanol–water partition coefficient (Wildman–Crippen LogP) is 3.71. The summed E-state index contributed by atoms with van der Waals surface area (Å²) in [6, 6.07) is 5.11. The first kappa shape index (κ1) is 21.9. The Morgan fingerprint density at radius 3 is 2.90 bits per heavy atom. The molecule has 1 aromatic carbocycles. The third-order valence-electron chi connectivity index (χ3n) is 6.00. The fourth-order valence-corrected chi connectivity index (χ4v) is 4.93. The number of likely N-dealkylation sites (tertiary alicyclic amines) is 1. The molecule has 7 nitrogen and oxygen atoms in total. The highest BCUT2D eigenvalue weighted by Crippen LogP contribution is 2.39. The fraction of sp³-hybridized carbons (Fsp3) is 0.455. The van der Waals surface area contributed by atoms with Crippen molar-refractivity contribution in [1.82, 2.24) is 18.9 Å². The van der Waals surface area contributed by atoms with E-state index in [1.54, 1.807) is 18.3 Å². The van der Waals surface area contributed by atoms with Gasteiger partial charge in [-0.1, -0.05) is 0 Å². The normalized spacial score (nSPS) is 18.3. The Balaban J connectivity index is 1.55. The monoisotopic (exact) mass is 445 g/mol. The number of nitrogens with one attached hydrogen (secondary N) is 2. The molecule has 1 saturated heterocycles. The molecule has 1 aromatic heterocycles.